The van der Waals surface area contributed by atoms with Gasteiger partial charge in [-0.2, -0.15) is 4.31 Å². The second kappa shape index (κ2) is 9.24. The number of rotatable bonds is 7. The molecule has 2 aromatic carbocycles. The first-order valence-corrected chi connectivity index (χ1v) is 11.1. The lowest BCUT2D eigenvalue weighted by Gasteiger charge is -2.26. The number of carbonyl (C=O) groups is 1. The van der Waals surface area contributed by atoms with Crippen LogP contribution in [0.3, 0.4) is 0 Å². The minimum Gasteiger partial charge on any atom is -0.489 e. The summed E-state index contributed by atoms with van der Waals surface area (Å²) in [7, 11) is -3.61. The quantitative estimate of drug-likeness (QED) is 0.695. The standard InChI is InChI=1S/C22H26N2O4S/c1-3-14-28-20-9-7-8-19(16-20)23-22(25)18-11-10-17(2)21(15-18)29(26,27)24-12-5-4-6-13-24/h3,7-11,15-16H,1,4-6,12-14H2,2H3,(H,23,25). The van der Waals surface area contributed by atoms with Crippen LogP contribution in [0.5, 0.6) is 5.75 Å². The second-order valence-electron chi connectivity index (χ2n) is 7.03. The van der Waals surface area contributed by atoms with Crippen molar-refractivity contribution in [3.63, 3.8) is 0 Å². The second-order valence-corrected chi connectivity index (χ2v) is 8.93. The number of nitrogens with zero attached hydrogens (tertiary/aromatic N) is 1. The van der Waals surface area contributed by atoms with Gasteiger partial charge in [0.05, 0.1) is 4.90 Å². The van der Waals surface area contributed by atoms with Crippen LogP contribution in [0.25, 0.3) is 0 Å². The van der Waals surface area contributed by atoms with Crippen LogP contribution in [-0.4, -0.2) is 38.3 Å². The van der Waals surface area contributed by atoms with Crippen LogP contribution in [0.2, 0.25) is 0 Å². The Hall–Kier alpha value is -2.64. The van der Waals surface area contributed by atoms with Gasteiger partial charge in [-0.1, -0.05) is 31.2 Å². The van der Waals surface area contributed by atoms with Gasteiger partial charge < -0.3 is 10.1 Å². The van der Waals surface area contributed by atoms with E-state index in [9.17, 15) is 13.2 Å². The third-order valence-electron chi connectivity index (χ3n) is 4.84. The van der Waals surface area contributed by atoms with Crippen molar-refractivity contribution in [1.82, 2.24) is 4.31 Å². The number of aryl methyl sites for hydroxylation is 1. The molecule has 0 aromatic heterocycles. The van der Waals surface area contributed by atoms with E-state index in [1.807, 2.05) is 0 Å². The average Bonchev–Trinajstić information content (AvgIpc) is 2.73. The van der Waals surface area contributed by atoms with E-state index in [-0.39, 0.29) is 10.8 Å². The van der Waals surface area contributed by atoms with Gasteiger partial charge in [-0.25, -0.2) is 8.42 Å². The van der Waals surface area contributed by atoms with Crippen molar-refractivity contribution in [2.75, 3.05) is 25.0 Å². The van der Waals surface area contributed by atoms with Gasteiger partial charge in [-0.3, -0.25) is 4.79 Å². The lowest BCUT2D eigenvalue weighted by atomic mass is 10.1. The molecule has 1 amide bonds. The van der Waals surface area contributed by atoms with Crippen LogP contribution < -0.4 is 10.1 Å². The van der Waals surface area contributed by atoms with E-state index >= 15 is 0 Å². The van der Waals surface area contributed by atoms with Gasteiger partial charge in [0.2, 0.25) is 10.0 Å². The molecule has 0 aliphatic carbocycles. The lowest BCUT2D eigenvalue weighted by molar-refractivity contribution is 0.102. The fourth-order valence-corrected chi connectivity index (χ4v) is 5.05. The van der Waals surface area contributed by atoms with Crippen molar-refractivity contribution in [2.24, 2.45) is 0 Å². The first-order valence-electron chi connectivity index (χ1n) is 9.68. The van der Waals surface area contributed by atoms with E-state index in [0.717, 1.165) is 19.3 Å². The smallest absolute Gasteiger partial charge is 0.255 e. The van der Waals surface area contributed by atoms with Crippen molar-refractivity contribution >= 4 is 21.6 Å². The van der Waals surface area contributed by atoms with Gasteiger partial charge in [-0.15, -0.1) is 0 Å². The number of anilines is 1. The van der Waals surface area contributed by atoms with E-state index in [1.165, 1.54) is 10.4 Å². The molecule has 7 heteroatoms. The number of sulfonamides is 1. The SMILES string of the molecule is C=CCOc1cccc(NC(=O)c2ccc(C)c(S(=O)(=O)N3CCCCC3)c2)c1. The highest BCUT2D eigenvalue weighted by Gasteiger charge is 2.28. The van der Waals surface area contributed by atoms with Crippen molar-refractivity contribution in [3.05, 3.63) is 66.2 Å². The molecule has 1 heterocycles. The molecule has 0 spiro atoms. The Morgan fingerprint density at radius 1 is 1.17 bits per heavy atom. The Balaban J connectivity index is 1.82. The summed E-state index contributed by atoms with van der Waals surface area (Å²) in [4.78, 5) is 12.9. The molecule has 1 saturated heterocycles. The molecular weight excluding hydrogens is 388 g/mol. The van der Waals surface area contributed by atoms with Crippen molar-refractivity contribution in [2.45, 2.75) is 31.1 Å². The van der Waals surface area contributed by atoms with Crippen LogP contribution in [0, 0.1) is 6.92 Å². The molecule has 0 saturated carbocycles. The molecule has 154 valence electrons. The summed E-state index contributed by atoms with van der Waals surface area (Å²) >= 11 is 0. The summed E-state index contributed by atoms with van der Waals surface area (Å²) in [6.07, 6.45) is 4.41. The van der Waals surface area contributed by atoms with E-state index in [1.54, 1.807) is 49.4 Å². The Labute approximate surface area is 172 Å². The number of hydrogen-bond acceptors (Lipinski definition) is 4. The molecule has 1 N–H and O–H groups in total. The molecule has 0 atom stereocenters. The third kappa shape index (κ3) is 5.05. The number of piperidine rings is 1. The maximum absolute atomic E-state index is 13.1. The highest BCUT2D eigenvalue weighted by atomic mass is 32.2. The van der Waals surface area contributed by atoms with Crippen LogP contribution in [-0.2, 0) is 10.0 Å². The molecule has 1 fully saturated rings. The minimum atomic E-state index is -3.61. The van der Waals surface area contributed by atoms with Crippen LogP contribution in [0.15, 0.2) is 60.0 Å². The molecule has 3 rings (SSSR count). The fourth-order valence-electron chi connectivity index (χ4n) is 3.29. The topological polar surface area (TPSA) is 75.7 Å². The Kier molecular flexibility index (Phi) is 6.71. The molecule has 29 heavy (non-hydrogen) atoms. The van der Waals surface area contributed by atoms with Crippen molar-refractivity contribution in [1.29, 1.82) is 0 Å². The lowest BCUT2D eigenvalue weighted by Crippen LogP contribution is -2.36. The Bertz CT molecular complexity index is 996. The third-order valence-corrected chi connectivity index (χ3v) is 6.88. The van der Waals surface area contributed by atoms with Gasteiger partial charge in [0.25, 0.3) is 5.91 Å². The highest BCUT2D eigenvalue weighted by molar-refractivity contribution is 7.89. The van der Waals surface area contributed by atoms with Gasteiger partial charge in [0.1, 0.15) is 12.4 Å². The van der Waals surface area contributed by atoms with Crippen LogP contribution in [0.1, 0.15) is 35.2 Å². The molecule has 6 nitrogen and oxygen atoms in total. The maximum Gasteiger partial charge on any atom is 0.255 e. The summed E-state index contributed by atoms with van der Waals surface area (Å²) in [6.45, 7) is 6.77. The number of hydrogen-bond donors (Lipinski definition) is 1. The number of ether oxygens (including phenoxy) is 1. The molecule has 0 unspecified atom stereocenters. The van der Waals surface area contributed by atoms with E-state index in [2.05, 4.69) is 11.9 Å². The van der Waals surface area contributed by atoms with Crippen LogP contribution in [0.4, 0.5) is 5.69 Å². The molecule has 1 aliphatic heterocycles. The zero-order valence-corrected chi connectivity index (χ0v) is 17.4. The predicted molar refractivity (Wildman–Crippen MR) is 114 cm³/mol. The Morgan fingerprint density at radius 3 is 2.66 bits per heavy atom. The first-order chi connectivity index (χ1) is 13.9. The predicted octanol–water partition coefficient (Wildman–Crippen LogP) is 3.99. The zero-order chi connectivity index (χ0) is 20.9. The van der Waals surface area contributed by atoms with E-state index in [4.69, 9.17) is 4.74 Å². The van der Waals surface area contributed by atoms with Gasteiger partial charge >= 0.3 is 0 Å². The van der Waals surface area contributed by atoms with Crippen LogP contribution >= 0.6 is 0 Å². The summed E-state index contributed by atoms with van der Waals surface area (Å²) < 4.78 is 33.1. The monoisotopic (exact) mass is 414 g/mol. The van der Waals surface area contributed by atoms with Crippen molar-refractivity contribution in [3.8, 4) is 5.75 Å². The molecule has 2 aromatic rings. The normalized spacial score (nSPS) is 14.9. The molecule has 1 aliphatic rings. The first kappa shape index (κ1) is 21.1. The van der Waals surface area contributed by atoms with E-state index < -0.39 is 10.0 Å². The Morgan fingerprint density at radius 2 is 1.93 bits per heavy atom. The fraction of sp³-hybridized carbons (Fsp3) is 0.318. The summed E-state index contributed by atoms with van der Waals surface area (Å²) in [5.41, 5.74) is 1.49. The number of amides is 1. The minimum absolute atomic E-state index is 0.190. The highest BCUT2D eigenvalue weighted by Crippen LogP contribution is 2.25. The van der Waals surface area contributed by atoms with E-state index in [0.29, 0.717) is 42.3 Å². The van der Waals surface area contributed by atoms with Crippen molar-refractivity contribution < 1.29 is 17.9 Å². The molecule has 0 radical (unpaired) electrons. The summed E-state index contributed by atoms with van der Waals surface area (Å²) in [5, 5.41) is 2.80. The molecule has 0 bridgehead atoms. The van der Waals surface area contributed by atoms with Gasteiger partial charge in [0, 0.05) is 30.4 Å². The average molecular weight is 415 g/mol. The number of benzene rings is 2. The molecular formula is C22H26N2O4S. The zero-order valence-electron chi connectivity index (χ0n) is 16.6. The number of carbonyl (C=O) groups excluding carboxylic acids is 1. The summed E-state index contributed by atoms with van der Waals surface area (Å²) in [5.74, 6) is 0.237. The largest absolute Gasteiger partial charge is 0.489 e. The summed E-state index contributed by atoms with van der Waals surface area (Å²) in [6, 6.07) is 11.8. The van der Waals surface area contributed by atoms with Gasteiger partial charge in [0.15, 0.2) is 0 Å². The van der Waals surface area contributed by atoms with Gasteiger partial charge in [-0.05, 0) is 49.6 Å². The number of nitrogens with one attached hydrogen (secondary N) is 1. The maximum atomic E-state index is 13.1.